The number of fused-ring (bicyclic) bond motifs is 2. The Labute approximate surface area is 155 Å². The molecule has 4 nitrogen and oxygen atoms in total. The van der Waals surface area contributed by atoms with Gasteiger partial charge in [-0.3, -0.25) is 0 Å². The van der Waals surface area contributed by atoms with Crippen molar-refractivity contribution >= 4 is 21.9 Å². The van der Waals surface area contributed by atoms with Crippen molar-refractivity contribution < 1.29 is 13.3 Å². The molecule has 26 heavy (non-hydrogen) atoms. The Morgan fingerprint density at radius 3 is 2.19 bits per heavy atom. The van der Waals surface area contributed by atoms with Crippen LogP contribution in [0.3, 0.4) is 0 Å². The van der Waals surface area contributed by atoms with Gasteiger partial charge in [0.2, 0.25) is 0 Å². The van der Waals surface area contributed by atoms with Crippen molar-refractivity contribution in [2.45, 2.75) is 48.0 Å². The Hall–Kier alpha value is -2.07. The first-order valence-electron chi connectivity index (χ1n) is 9.66. The molecule has 0 atom stereocenters. The van der Waals surface area contributed by atoms with E-state index in [0.717, 1.165) is 64.7 Å². The van der Waals surface area contributed by atoms with Crippen molar-refractivity contribution in [3.63, 3.8) is 0 Å². The summed E-state index contributed by atoms with van der Waals surface area (Å²) >= 11 is 0. The molecule has 0 aliphatic rings. The third-order valence-corrected chi connectivity index (χ3v) is 6.32. The summed E-state index contributed by atoms with van der Waals surface area (Å²) < 4.78 is 12.6. The van der Waals surface area contributed by atoms with Gasteiger partial charge in [-0.05, 0) is 52.7 Å². The molecule has 2 aromatic heterocycles. The maximum atomic E-state index is 11.8. The highest BCUT2D eigenvalue weighted by Gasteiger charge is 2.23. The van der Waals surface area contributed by atoms with Gasteiger partial charge in [0.1, 0.15) is 11.2 Å². The van der Waals surface area contributed by atoms with Crippen LogP contribution in [0.25, 0.3) is 21.9 Å². The SMILES string of the molecule is CC[N+](CC)(CC)CCc1coc2c(C)c3oc(=O)cc(C)c3c(C)c12. The number of aryl methyl sites for hydroxylation is 3. The lowest BCUT2D eigenvalue weighted by Gasteiger charge is -2.35. The molecule has 0 saturated heterocycles. The van der Waals surface area contributed by atoms with Crippen LogP contribution in [0.2, 0.25) is 0 Å². The fourth-order valence-electron chi connectivity index (χ4n) is 4.33. The summed E-state index contributed by atoms with van der Waals surface area (Å²) in [6.07, 6.45) is 2.89. The van der Waals surface area contributed by atoms with Crippen molar-refractivity contribution in [1.82, 2.24) is 0 Å². The Morgan fingerprint density at radius 1 is 0.923 bits per heavy atom. The van der Waals surface area contributed by atoms with Crippen LogP contribution in [-0.4, -0.2) is 30.7 Å². The molecular weight excluding hydrogens is 326 g/mol. The van der Waals surface area contributed by atoms with Crippen LogP contribution in [-0.2, 0) is 6.42 Å². The fraction of sp³-hybridized carbons (Fsp3) is 0.500. The summed E-state index contributed by atoms with van der Waals surface area (Å²) in [5.41, 5.74) is 5.48. The van der Waals surface area contributed by atoms with Crippen molar-refractivity contribution in [1.29, 1.82) is 0 Å². The van der Waals surface area contributed by atoms with Crippen molar-refractivity contribution in [3.05, 3.63) is 45.0 Å². The second-order valence-corrected chi connectivity index (χ2v) is 7.43. The van der Waals surface area contributed by atoms with Gasteiger partial charge in [-0.2, -0.15) is 0 Å². The summed E-state index contributed by atoms with van der Waals surface area (Å²) in [5, 5.41) is 2.23. The van der Waals surface area contributed by atoms with Crippen molar-refractivity contribution in [2.75, 3.05) is 26.2 Å². The number of rotatable bonds is 6. The van der Waals surface area contributed by atoms with Crippen LogP contribution in [0.4, 0.5) is 0 Å². The average Bonchev–Trinajstić information content (AvgIpc) is 3.05. The number of hydrogen-bond acceptors (Lipinski definition) is 3. The molecule has 140 valence electrons. The van der Waals surface area contributed by atoms with Crippen LogP contribution in [0.1, 0.15) is 43.0 Å². The summed E-state index contributed by atoms with van der Waals surface area (Å²) in [7, 11) is 0. The van der Waals surface area contributed by atoms with Crippen molar-refractivity contribution in [2.24, 2.45) is 0 Å². The average molecular weight is 356 g/mol. The zero-order valence-corrected chi connectivity index (χ0v) is 16.9. The molecule has 4 heteroatoms. The maximum absolute atomic E-state index is 11.8. The van der Waals surface area contributed by atoms with E-state index in [-0.39, 0.29) is 5.63 Å². The molecule has 3 rings (SSSR count). The zero-order valence-electron chi connectivity index (χ0n) is 16.9. The normalized spacial score (nSPS) is 12.4. The van der Waals surface area contributed by atoms with Crippen LogP contribution in [0.15, 0.2) is 26.0 Å². The van der Waals surface area contributed by atoms with Crippen LogP contribution >= 0.6 is 0 Å². The van der Waals surface area contributed by atoms with Gasteiger partial charge in [-0.1, -0.05) is 0 Å². The minimum Gasteiger partial charge on any atom is -0.464 e. The maximum Gasteiger partial charge on any atom is 0.336 e. The summed E-state index contributed by atoms with van der Waals surface area (Å²) in [6, 6.07) is 1.58. The number of quaternary nitrogens is 1. The predicted octanol–water partition coefficient (Wildman–Crippen LogP) is 4.88. The molecule has 0 spiro atoms. The molecule has 0 unspecified atom stereocenters. The second-order valence-electron chi connectivity index (χ2n) is 7.43. The van der Waals surface area contributed by atoms with E-state index in [1.165, 1.54) is 10.9 Å². The molecule has 0 aliphatic carbocycles. The number of nitrogens with zero attached hydrogens (tertiary/aromatic N) is 1. The highest BCUT2D eigenvalue weighted by Crippen LogP contribution is 2.36. The summed E-state index contributed by atoms with van der Waals surface area (Å²) in [4.78, 5) is 11.8. The van der Waals surface area contributed by atoms with Gasteiger partial charge in [0, 0.05) is 34.4 Å². The lowest BCUT2D eigenvalue weighted by atomic mass is 9.96. The van der Waals surface area contributed by atoms with Gasteiger partial charge in [0.15, 0.2) is 0 Å². The summed E-state index contributed by atoms with van der Waals surface area (Å²) in [6.45, 7) is 17.4. The first kappa shape index (κ1) is 18.7. The quantitative estimate of drug-likeness (QED) is 0.467. The minimum atomic E-state index is -0.306. The molecule has 0 N–H and O–H groups in total. The van der Waals surface area contributed by atoms with E-state index in [1.807, 2.05) is 20.1 Å². The molecule has 1 aromatic carbocycles. The number of likely N-dealkylation sites (N-methyl/N-ethyl adjacent to an activating group) is 1. The number of furan rings is 1. The van der Waals surface area contributed by atoms with Crippen LogP contribution in [0.5, 0.6) is 0 Å². The Morgan fingerprint density at radius 2 is 1.58 bits per heavy atom. The Bertz CT molecular complexity index is 998. The first-order chi connectivity index (χ1) is 12.4. The second kappa shape index (κ2) is 6.92. The van der Waals surface area contributed by atoms with E-state index in [2.05, 4.69) is 27.7 Å². The number of hydrogen-bond donors (Lipinski definition) is 0. The van der Waals surface area contributed by atoms with Gasteiger partial charge >= 0.3 is 5.63 Å². The van der Waals surface area contributed by atoms with E-state index in [1.54, 1.807) is 6.07 Å². The van der Waals surface area contributed by atoms with Crippen LogP contribution in [0, 0.1) is 20.8 Å². The van der Waals surface area contributed by atoms with E-state index in [0.29, 0.717) is 5.58 Å². The number of benzene rings is 1. The highest BCUT2D eigenvalue weighted by atomic mass is 16.4. The van der Waals surface area contributed by atoms with Gasteiger partial charge in [-0.15, -0.1) is 0 Å². The monoisotopic (exact) mass is 356 g/mol. The molecule has 0 bridgehead atoms. The molecule has 3 aromatic rings. The molecule has 0 radical (unpaired) electrons. The van der Waals surface area contributed by atoms with Gasteiger partial charge < -0.3 is 13.3 Å². The predicted molar refractivity (Wildman–Crippen MR) is 107 cm³/mol. The molecule has 0 saturated carbocycles. The van der Waals surface area contributed by atoms with Crippen molar-refractivity contribution in [3.8, 4) is 0 Å². The van der Waals surface area contributed by atoms with E-state index >= 15 is 0 Å². The minimum absolute atomic E-state index is 0.306. The third kappa shape index (κ3) is 2.86. The standard InChI is InChI=1S/C22H30NO3/c1-7-23(8-2,9-3)11-10-17-13-25-21-16(6)22-19(15(5)20(17)21)14(4)12-18(24)26-22/h12-13H,7-11H2,1-6H3/q+1. The molecule has 2 heterocycles. The zero-order chi connectivity index (χ0) is 19.1. The fourth-order valence-corrected chi connectivity index (χ4v) is 4.33. The topological polar surface area (TPSA) is 43.4 Å². The van der Waals surface area contributed by atoms with Gasteiger partial charge in [0.05, 0.1) is 32.4 Å². The molecule has 0 aliphatic heterocycles. The summed E-state index contributed by atoms with van der Waals surface area (Å²) in [5.74, 6) is 0. The highest BCUT2D eigenvalue weighted by molar-refractivity contribution is 6.03. The largest absolute Gasteiger partial charge is 0.464 e. The van der Waals surface area contributed by atoms with Gasteiger partial charge in [0.25, 0.3) is 0 Å². The lowest BCUT2D eigenvalue weighted by Crippen LogP contribution is -2.48. The van der Waals surface area contributed by atoms with E-state index < -0.39 is 0 Å². The molecular formula is C22H30NO3+. The van der Waals surface area contributed by atoms with E-state index in [4.69, 9.17) is 8.83 Å². The van der Waals surface area contributed by atoms with Crippen LogP contribution < -0.4 is 5.63 Å². The smallest absolute Gasteiger partial charge is 0.336 e. The Kier molecular flexibility index (Phi) is 4.98. The first-order valence-corrected chi connectivity index (χ1v) is 9.66. The molecule has 0 amide bonds. The van der Waals surface area contributed by atoms with Gasteiger partial charge in [-0.25, -0.2) is 4.79 Å². The van der Waals surface area contributed by atoms with E-state index in [9.17, 15) is 4.79 Å². The lowest BCUT2D eigenvalue weighted by molar-refractivity contribution is -0.923. The molecule has 0 fully saturated rings. The Balaban J connectivity index is 2.17. The third-order valence-electron chi connectivity index (χ3n) is 6.32.